The Bertz CT molecular complexity index is 174. The van der Waals surface area contributed by atoms with Crippen LogP contribution in [0.4, 0.5) is 0 Å². The van der Waals surface area contributed by atoms with Gasteiger partial charge in [0.25, 0.3) is 0 Å². The van der Waals surface area contributed by atoms with Gasteiger partial charge in [-0.05, 0) is 0 Å². The van der Waals surface area contributed by atoms with Crippen molar-refractivity contribution in [2.45, 2.75) is 0 Å². The highest BCUT2D eigenvalue weighted by molar-refractivity contribution is 9.10. The third kappa shape index (κ3) is 2.66. The fourth-order valence-electron chi connectivity index (χ4n) is 0.0315. The average molecular weight is 183 g/mol. The maximum absolute atomic E-state index is 10.1. The third-order valence-electron chi connectivity index (χ3n) is 0.323. The molecule has 0 unspecified atom stereocenters. The molecule has 0 saturated heterocycles. The molecule has 0 aliphatic heterocycles. The van der Waals surface area contributed by atoms with E-state index in [1.54, 1.807) is 5.25 Å². The molecule has 40 valence electrons. The normalized spacial score (nSPS) is 10.3. The molecule has 2 nitrogen and oxygen atoms in total. The Hall–Kier alpha value is -0.0100. The quantitative estimate of drug-likeness (QED) is 0.333. The van der Waals surface area contributed by atoms with Gasteiger partial charge in [0, 0.05) is 5.25 Å². The zero-order valence-corrected chi connectivity index (χ0v) is 5.79. The van der Waals surface area contributed by atoms with Crippen LogP contribution in [-0.4, -0.2) is 13.1 Å². The predicted molar refractivity (Wildman–Crippen MR) is 31.5 cm³/mol. The van der Waals surface area contributed by atoms with Gasteiger partial charge in [0.1, 0.15) is 4.66 Å². The minimum absolute atomic E-state index is 0.156. The summed E-state index contributed by atoms with van der Waals surface area (Å²) in [7, 11) is -3.21. The lowest BCUT2D eigenvalue weighted by atomic mass is 11.4. The average Bonchev–Trinajstić information content (AvgIpc) is 1.68. The van der Waals surface area contributed by atoms with E-state index < -0.39 is 9.84 Å². The predicted octanol–water partition coefficient (Wildman–Crippen LogP) is 0.344. The van der Waals surface area contributed by atoms with Gasteiger partial charge in [0.15, 0.2) is 0 Å². The molecule has 0 heterocycles. The highest BCUT2D eigenvalue weighted by Crippen LogP contribution is 1.90. The van der Waals surface area contributed by atoms with Crippen LogP contribution in [-0.2, 0) is 9.84 Å². The van der Waals surface area contributed by atoms with E-state index in [2.05, 4.69) is 22.4 Å². The summed E-state index contributed by atoms with van der Waals surface area (Å²) in [5.74, 6) is 0. The summed E-state index contributed by atoms with van der Waals surface area (Å²) >= 11 is 2.70. The highest BCUT2D eigenvalue weighted by atomic mass is 79.9. The molecule has 4 heteroatoms. The van der Waals surface area contributed by atoms with Crippen LogP contribution in [0.1, 0.15) is 0 Å². The minimum Gasteiger partial charge on any atom is -0.215 e. The number of hydrogen-bond acceptors (Lipinski definition) is 2. The highest BCUT2D eigenvalue weighted by Gasteiger charge is 1.98. The molecule has 0 atom stereocenters. The number of terminal acetylenes is 1. The standard InChI is InChI=1S/C3H3BrO2S/c1-2-7(5,6)3-4/h1H,3H2. The van der Waals surface area contributed by atoms with Crippen LogP contribution in [0.15, 0.2) is 0 Å². The maximum atomic E-state index is 10.1. The lowest BCUT2D eigenvalue weighted by Gasteiger charge is -1.79. The molecule has 0 aromatic rings. The molecule has 0 fully saturated rings. The van der Waals surface area contributed by atoms with Gasteiger partial charge in [0.05, 0.1) is 0 Å². The zero-order chi connectivity index (χ0) is 5.91. The molecule has 0 saturated carbocycles. The molecule has 0 spiro atoms. The van der Waals surface area contributed by atoms with E-state index in [9.17, 15) is 8.42 Å². The van der Waals surface area contributed by atoms with Crippen molar-refractivity contribution in [2.75, 3.05) is 4.66 Å². The van der Waals surface area contributed by atoms with E-state index in [1.165, 1.54) is 0 Å². The van der Waals surface area contributed by atoms with Crippen LogP contribution in [0, 0.1) is 11.7 Å². The van der Waals surface area contributed by atoms with Crippen LogP contribution in [0.2, 0.25) is 0 Å². The van der Waals surface area contributed by atoms with Crippen LogP contribution in [0.3, 0.4) is 0 Å². The van der Waals surface area contributed by atoms with Gasteiger partial charge in [-0.3, -0.25) is 0 Å². The number of hydrogen-bond donors (Lipinski definition) is 0. The second-order valence-electron chi connectivity index (χ2n) is 0.842. The molecule has 0 radical (unpaired) electrons. The summed E-state index contributed by atoms with van der Waals surface area (Å²) < 4.78 is 20.0. The first-order chi connectivity index (χ1) is 3.12. The smallest absolute Gasteiger partial charge is 0.215 e. The molecule has 7 heavy (non-hydrogen) atoms. The summed E-state index contributed by atoms with van der Waals surface area (Å²) in [6, 6.07) is 0. The first-order valence-corrected chi connectivity index (χ1v) is 4.16. The van der Waals surface area contributed by atoms with Crippen LogP contribution in [0.5, 0.6) is 0 Å². The van der Waals surface area contributed by atoms with Crippen LogP contribution < -0.4 is 0 Å². The Morgan fingerprint density at radius 1 is 1.71 bits per heavy atom. The molecular weight excluding hydrogens is 180 g/mol. The molecule has 0 amide bonds. The summed E-state index contributed by atoms with van der Waals surface area (Å²) in [5, 5.41) is 1.62. The van der Waals surface area contributed by atoms with Gasteiger partial charge in [0.2, 0.25) is 9.84 Å². The fourth-order valence-corrected chi connectivity index (χ4v) is 0.491. The first kappa shape index (κ1) is 6.99. The molecule has 0 N–H and O–H groups in total. The van der Waals surface area contributed by atoms with Crippen molar-refractivity contribution in [3.63, 3.8) is 0 Å². The van der Waals surface area contributed by atoms with Crippen molar-refractivity contribution in [3.05, 3.63) is 0 Å². The number of alkyl halides is 1. The lowest BCUT2D eigenvalue weighted by Crippen LogP contribution is -1.93. The topological polar surface area (TPSA) is 34.1 Å². The van der Waals surface area contributed by atoms with Gasteiger partial charge < -0.3 is 0 Å². The molecule has 0 aromatic heterocycles. The first-order valence-electron chi connectivity index (χ1n) is 1.38. The van der Waals surface area contributed by atoms with Gasteiger partial charge in [-0.25, -0.2) is 8.42 Å². The van der Waals surface area contributed by atoms with E-state index >= 15 is 0 Å². The van der Waals surface area contributed by atoms with Gasteiger partial charge in [-0.1, -0.05) is 15.9 Å². The summed E-state index contributed by atoms with van der Waals surface area (Å²) in [4.78, 5) is 0. The summed E-state index contributed by atoms with van der Waals surface area (Å²) in [6.45, 7) is 0. The number of rotatable bonds is 1. The monoisotopic (exact) mass is 182 g/mol. The van der Waals surface area contributed by atoms with Crippen LogP contribution >= 0.6 is 15.9 Å². The van der Waals surface area contributed by atoms with Crippen molar-refractivity contribution in [2.24, 2.45) is 0 Å². The van der Waals surface area contributed by atoms with Gasteiger partial charge >= 0.3 is 0 Å². The van der Waals surface area contributed by atoms with E-state index in [0.717, 1.165) is 0 Å². The Kier molecular flexibility index (Phi) is 2.33. The molecule has 0 bridgehead atoms. The van der Waals surface area contributed by atoms with E-state index in [0.29, 0.717) is 0 Å². The minimum atomic E-state index is -3.21. The Labute approximate surface area is 51.0 Å². The Morgan fingerprint density at radius 3 is 2.14 bits per heavy atom. The summed E-state index contributed by atoms with van der Waals surface area (Å²) in [6.07, 6.45) is 4.55. The van der Waals surface area contributed by atoms with Crippen molar-refractivity contribution in [1.29, 1.82) is 0 Å². The molecule has 0 aliphatic carbocycles. The van der Waals surface area contributed by atoms with Crippen molar-refractivity contribution in [1.82, 2.24) is 0 Å². The Balaban J connectivity index is 4.28. The van der Waals surface area contributed by atoms with Crippen molar-refractivity contribution < 1.29 is 8.42 Å². The van der Waals surface area contributed by atoms with Crippen molar-refractivity contribution in [3.8, 4) is 11.7 Å². The third-order valence-corrected chi connectivity index (χ3v) is 2.78. The van der Waals surface area contributed by atoms with Gasteiger partial charge in [-0.15, -0.1) is 6.42 Å². The maximum Gasteiger partial charge on any atom is 0.226 e. The van der Waals surface area contributed by atoms with Gasteiger partial charge in [-0.2, -0.15) is 0 Å². The Morgan fingerprint density at radius 2 is 2.14 bits per heavy atom. The lowest BCUT2D eigenvalue weighted by molar-refractivity contribution is 0.611. The van der Waals surface area contributed by atoms with E-state index in [4.69, 9.17) is 0 Å². The molecular formula is C3H3BrO2S. The summed E-state index contributed by atoms with van der Waals surface area (Å²) in [5.41, 5.74) is 0. The fraction of sp³-hybridized carbons (Fsp3) is 0.333. The van der Waals surface area contributed by atoms with E-state index in [-0.39, 0.29) is 4.66 Å². The second-order valence-corrected chi connectivity index (χ2v) is 3.90. The SMILES string of the molecule is C#CS(=O)(=O)CBr. The molecule has 0 aliphatic rings. The second kappa shape index (κ2) is 2.34. The zero-order valence-electron chi connectivity index (χ0n) is 3.39. The molecule has 0 aromatic carbocycles. The van der Waals surface area contributed by atoms with Crippen molar-refractivity contribution >= 4 is 25.8 Å². The largest absolute Gasteiger partial charge is 0.226 e. The molecule has 0 rings (SSSR count). The number of halogens is 1. The van der Waals surface area contributed by atoms with E-state index in [1.807, 2.05) is 0 Å². The van der Waals surface area contributed by atoms with Crippen LogP contribution in [0.25, 0.3) is 0 Å². The number of sulfone groups is 1.